The number of nitrogens with two attached hydrogens (primary N) is 1. The number of carboxylic acids is 1. The van der Waals surface area contributed by atoms with Crippen molar-refractivity contribution in [3.63, 3.8) is 0 Å². The van der Waals surface area contributed by atoms with Gasteiger partial charge in [-0.3, -0.25) is 9.59 Å². The summed E-state index contributed by atoms with van der Waals surface area (Å²) in [5.41, 5.74) is 5.54. The van der Waals surface area contributed by atoms with Crippen molar-refractivity contribution in [2.24, 2.45) is 17.1 Å². The highest BCUT2D eigenvalue weighted by molar-refractivity contribution is 5.85. The van der Waals surface area contributed by atoms with Gasteiger partial charge in [0, 0.05) is 6.54 Å². The summed E-state index contributed by atoms with van der Waals surface area (Å²) in [5, 5.41) is 11.3. The Morgan fingerprint density at radius 3 is 2.47 bits per heavy atom. The smallest absolute Gasteiger partial charge is 0.305 e. The first kappa shape index (κ1) is 14.0. The van der Waals surface area contributed by atoms with Crippen molar-refractivity contribution in [1.29, 1.82) is 0 Å². The van der Waals surface area contributed by atoms with E-state index in [2.05, 4.69) is 19.2 Å². The Labute approximate surface area is 102 Å². The van der Waals surface area contributed by atoms with Crippen LogP contribution in [0.4, 0.5) is 0 Å². The molecule has 1 aliphatic rings. The molecule has 0 aliphatic heterocycles. The predicted molar refractivity (Wildman–Crippen MR) is 64.4 cm³/mol. The average molecular weight is 242 g/mol. The maximum absolute atomic E-state index is 11.6. The second-order valence-corrected chi connectivity index (χ2v) is 5.54. The molecule has 0 radical (unpaired) electrons. The summed E-state index contributed by atoms with van der Waals surface area (Å²) in [6.45, 7) is 4.81. The van der Waals surface area contributed by atoms with Crippen LogP contribution in [0.5, 0.6) is 0 Å². The van der Waals surface area contributed by atoms with Gasteiger partial charge in [-0.25, -0.2) is 0 Å². The maximum Gasteiger partial charge on any atom is 0.305 e. The number of nitrogens with one attached hydrogen (secondary N) is 1. The highest BCUT2D eigenvalue weighted by Crippen LogP contribution is 2.41. The summed E-state index contributed by atoms with van der Waals surface area (Å²) < 4.78 is 0. The van der Waals surface area contributed by atoms with Crippen LogP contribution in [0.15, 0.2) is 0 Å². The van der Waals surface area contributed by atoms with E-state index in [1.165, 1.54) is 19.3 Å². The first-order valence-electron chi connectivity index (χ1n) is 6.08. The zero-order valence-electron chi connectivity index (χ0n) is 10.5. The molecular formula is C12H22N2O3. The fourth-order valence-electron chi connectivity index (χ4n) is 2.06. The Bertz CT molecular complexity index is 298. The van der Waals surface area contributed by atoms with Gasteiger partial charge in [0.1, 0.15) is 0 Å². The van der Waals surface area contributed by atoms with E-state index in [0.717, 1.165) is 0 Å². The highest BCUT2D eigenvalue weighted by Gasteiger charge is 2.34. The molecule has 0 aromatic heterocycles. The number of carbonyl (C=O) groups excluding carboxylic acids is 1. The average Bonchev–Trinajstić information content (AvgIpc) is 2.09. The van der Waals surface area contributed by atoms with E-state index in [1.54, 1.807) is 0 Å². The van der Waals surface area contributed by atoms with Crippen molar-refractivity contribution >= 4 is 11.9 Å². The maximum atomic E-state index is 11.6. The third-order valence-electron chi connectivity index (χ3n) is 3.66. The molecular weight excluding hydrogens is 220 g/mol. The van der Waals surface area contributed by atoms with E-state index in [-0.39, 0.29) is 17.7 Å². The SMILES string of the molecule is CC(C)(CNC(=O)C(N)CC(=O)O)C1CCC1. The van der Waals surface area contributed by atoms with Crippen LogP contribution in [0.2, 0.25) is 0 Å². The lowest BCUT2D eigenvalue weighted by Gasteiger charge is -2.40. The van der Waals surface area contributed by atoms with E-state index in [9.17, 15) is 9.59 Å². The quantitative estimate of drug-likeness (QED) is 0.640. The van der Waals surface area contributed by atoms with Gasteiger partial charge in [-0.15, -0.1) is 0 Å². The molecule has 1 unspecified atom stereocenters. The van der Waals surface area contributed by atoms with Crippen LogP contribution in [-0.4, -0.2) is 29.6 Å². The molecule has 0 heterocycles. The van der Waals surface area contributed by atoms with Crippen molar-refractivity contribution in [2.45, 2.75) is 45.6 Å². The number of amides is 1. The van der Waals surface area contributed by atoms with Gasteiger partial charge in [-0.2, -0.15) is 0 Å². The Morgan fingerprint density at radius 2 is 2.06 bits per heavy atom. The molecule has 1 fully saturated rings. The number of carboxylic acid groups (broad SMARTS) is 1. The summed E-state index contributed by atoms with van der Waals surface area (Å²) in [5.74, 6) is -0.774. The molecule has 1 rings (SSSR count). The van der Waals surface area contributed by atoms with Crippen molar-refractivity contribution in [1.82, 2.24) is 5.32 Å². The number of hydrogen-bond acceptors (Lipinski definition) is 3. The lowest BCUT2D eigenvalue weighted by Crippen LogP contribution is -2.47. The van der Waals surface area contributed by atoms with E-state index in [1.807, 2.05) is 0 Å². The van der Waals surface area contributed by atoms with Crippen molar-refractivity contribution in [2.75, 3.05) is 6.54 Å². The summed E-state index contributed by atoms with van der Waals surface area (Å²) in [6, 6.07) is -0.954. The normalized spacial score (nSPS) is 18.3. The van der Waals surface area contributed by atoms with E-state index < -0.39 is 12.0 Å². The molecule has 1 aliphatic carbocycles. The largest absolute Gasteiger partial charge is 0.481 e. The molecule has 17 heavy (non-hydrogen) atoms. The number of hydrogen-bond donors (Lipinski definition) is 3. The number of aliphatic carboxylic acids is 1. The lowest BCUT2D eigenvalue weighted by atomic mass is 9.67. The minimum absolute atomic E-state index is 0.0663. The van der Waals surface area contributed by atoms with Crippen molar-refractivity contribution in [3.8, 4) is 0 Å². The number of rotatable bonds is 6. The van der Waals surface area contributed by atoms with Gasteiger partial charge in [0.05, 0.1) is 12.5 Å². The molecule has 0 bridgehead atoms. The van der Waals surface area contributed by atoms with Gasteiger partial charge in [0.2, 0.25) is 5.91 Å². The first-order chi connectivity index (χ1) is 7.83. The van der Waals surface area contributed by atoms with Crippen LogP contribution in [0.1, 0.15) is 39.5 Å². The highest BCUT2D eigenvalue weighted by atomic mass is 16.4. The number of carbonyl (C=O) groups is 2. The molecule has 1 atom stereocenters. The monoisotopic (exact) mass is 242 g/mol. The minimum atomic E-state index is -1.05. The molecule has 5 heteroatoms. The third-order valence-corrected chi connectivity index (χ3v) is 3.66. The predicted octanol–water partition coefficient (Wildman–Crippen LogP) is 0.731. The Hall–Kier alpha value is -1.10. The third kappa shape index (κ3) is 4.00. The van der Waals surface area contributed by atoms with Gasteiger partial charge < -0.3 is 16.2 Å². The molecule has 0 aromatic carbocycles. The Morgan fingerprint density at radius 1 is 1.47 bits per heavy atom. The van der Waals surface area contributed by atoms with E-state index >= 15 is 0 Å². The summed E-state index contributed by atoms with van der Waals surface area (Å²) in [7, 11) is 0. The fourth-order valence-corrected chi connectivity index (χ4v) is 2.06. The molecule has 1 amide bonds. The van der Waals surface area contributed by atoms with Gasteiger partial charge >= 0.3 is 5.97 Å². The molecule has 98 valence electrons. The molecule has 5 nitrogen and oxygen atoms in total. The van der Waals surface area contributed by atoms with E-state index in [0.29, 0.717) is 12.5 Å². The van der Waals surface area contributed by atoms with Crippen LogP contribution in [0.3, 0.4) is 0 Å². The van der Waals surface area contributed by atoms with Crippen LogP contribution >= 0.6 is 0 Å². The van der Waals surface area contributed by atoms with Crippen LogP contribution in [0.25, 0.3) is 0 Å². The Balaban J connectivity index is 2.33. The molecule has 0 saturated heterocycles. The van der Waals surface area contributed by atoms with Gasteiger partial charge in [-0.05, 0) is 24.2 Å². The van der Waals surface area contributed by atoms with Gasteiger partial charge in [0.15, 0.2) is 0 Å². The standard InChI is InChI=1S/C12H22N2O3/c1-12(2,8-4-3-5-8)7-14-11(17)9(13)6-10(15)16/h8-9H,3-7,13H2,1-2H3,(H,14,17)(H,15,16). The molecule has 1 saturated carbocycles. The molecule has 4 N–H and O–H groups in total. The van der Waals surface area contributed by atoms with Crippen LogP contribution in [-0.2, 0) is 9.59 Å². The molecule has 0 spiro atoms. The summed E-state index contributed by atoms with van der Waals surface area (Å²) in [6.07, 6.45) is 3.37. The van der Waals surface area contributed by atoms with E-state index in [4.69, 9.17) is 10.8 Å². The zero-order valence-corrected chi connectivity index (χ0v) is 10.5. The molecule has 0 aromatic rings. The zero-order chi connectivity index (χ0) is 13.1. The minimum Gasteiger partial charge on any atom is -0.481 e. The van der Waals surface area contributed by atoms with Crippen molar-refractivity contribution < 1.29 is 14.7 Å². The van der Waals surface area contributed by atoms with Gasteiger partial charge in [0.25, 0.3) is 0 Å². The van der Waals surface area contributed by atoms with Crippen LogP contribution in [0, 0.1) is 11.3 Å². The first-order valence-corrected chi connectivity index (χ1v) is 6.08. The topological polar surface area (TPSA) is 92.4 Å². The van der Waals surface area contributed by atoms with Gasteiger partial charge in [-0.1, -0.05) is 20.3 Å². The van der Waals surface area contributed by atoms with Crippen LogP contribution < -0.4 is 11.1 Å². The Kier molecular flexibility index (Phi) is 4.51. The fraction of sp³-hybridized carbons (Fsp3) is 0.833. The lowest BCUT2D eigenvalue weighted by molar-refractivity contribution is -0.139. The second-order valence-electron chi connectivity index (χ2n) is 5.54. The summed E-state index contributed by atoms with van der Waals surface area (Å²) >= 11 is 0. The van der Waals surface area contributed by atoms with Crippen molar-refractivity contribution in [3.05, 3.63) is 0 Å². The summed E-state index contributed by atoms with van der Waals surface area (Å²) in [4.78, 5) is 22.0. The second kappa shape index (κ2) is 5.49.